The molecule has 1 aromatic carbocycles. The van der Waals surface area contributed by atoms with E-state index in [1.807, 2.05) is 29.7 Å². The number of carbonyl (C=O) groups excluding carboxylic acids is 1. The molecule has 0 radical (unpaired) electrons. The maximum absolute atomic E-state index is 11.8. The molecule has 1 atom stereocenters. The molecule has 9 heteroatoms. The number of ether oxygens (including phenoxy) is 2. The molecular weight excluding hydrogens is 329 g/mol. The van der Waals surface area contributed by atoms with Crippen molar-refractivity contribution in [3.8, 4) is 0 Å². The van der Waals surface area contributed by atoms with E-state index in [0.29, 0.717) is 13.2 Å². The second-order valence-corrected chi connectivity index (χ2v) is 5.01. The highest BCUT2D eigenvalue weighted by molar-refractivity contribution is 6.50. The second kappa shape index (κ2) is 9.29. The first-order chi connectivity index (χ1) is 11.3. The maximum Gasteiger partial charge on any atom is 0.673 e. The molecule has 0 saturated carbocycles. The summed E-state index contributed by atoms with van der Waals surface area (Å²) in [5, 5.41) is 0. The summed E-state index contributed by atoms with van der Waals surface area (Å²) in [5.41, 5.74) is 1.16. The van der Waals surface area contributed by atoms with E-state index in [4.69, 9.17) is 9.47 Å². The fourth-order valence-corrected chi connectivity index (χ4v) is 2.41. The van der Waals surface area contributed by atoms with Gasteiger partial charge in [0.25, 0.3) is 6.04 Å². The molecule has 2 rings (SSSR count). The number of methoxy groups -OCH3 is 1. The van der Waals surface area contributed by atoms with Crippen LogP contribution in [0.4, 0.5) is 17.3 Å². The summed E-state index contributed by atoms with van der Waals surface area (Å²) < 4.78 is 51.5. The third kappa shape index (κ3) is 7.01. The molecular formula is C15H20BF4NO3. The zero-order chi connectivity index (χ0) is 18.2. The highest BCUT2D eigenvalue weighted by Crippen LogP contribution is 2.18. The van der Waals surface area contributed by atoms with Crippen molar-refractivity contribution in [3.63, 3.8) is 0 Å². The molecule has 0 amide bonds. The van der Waals surface area contributed by atoms with Gasteiger partial charge in [-0.15, -0.1) is 0 Å². The molecule has 1 aromatic rings. The van der Waals surface area contributed by atoms with Crippen molar-refractivity contribution in [2.45, 2.75) is 32.4 Å². The van der Waals surface area contributed by atoms with Gasteiger partial charge in [-0.1, -0.05) is 30.3 Å². The number of hydrogen-bond donors (Lipinski definition) is 0. The number of hydrogen-bond acceptors (Lipinski definition) is 3. The summed E-state index contributed by atoms with van der Waals surface area (Å²) in [5.74, 6) is 0.701. The van der Waals surface area contributed by atoms with Gasteiger partial charge in [-0.2, -0.15) is 4.58 Å². The predicted octanol–water partition coefficient (Wildman–Crippen LogP) is 3.27. The van der Waals surface area contributed by atoms with Gasteiger partial charge < -0.3 is 26.7 Å². The van der Waals surface area contributed by atoms with Gasteiger partial charge in [0.2, 0.25) is 0 Å². The average molecular weight is 349 g/mol. The Morgan fingerprint density at radius 1 is 1.25 bits per heavy atom. The van der Waals surface area contributed by atoms with E-state index in [9.17, 15) is 22.1 Å². The molecule has 24 heavy (non-hydrogen) atoms. The van der Waals surface area contributed by atoms with Crippen LogP contribution in [0.25, 0.3) is 0 Å². The van der Waals surface area contributed by atoms with Crippen molar-refractivity contribution in [2.24, 2.45) is 0 Å². The molecule has 0 fully saturated rings. The van der Waals surface area contributed by atoms with Gasteiger partial charge in [-0.3, -0.25) is 0 Å². The zero-order valence-electron chi connectivity index (χ0n) is 13.6. The quantitative estimate of drug-likeness (QED) is 0.363. The molecule has 0 aromatic heterocycles. The van der Waals surface area contributed by atoms with Crippen LogP contribution >= 0.6 is 0 Å². The number of esters is 1. The first kappa shape index (κ1) is 20.0. The van der Waals surface area contributed by atoms with Gasteiger partial charge >= 0.3 is 19.1 Å². The largest absolute Gasteiger partial charge is 0.673 e. The minimum absolute atomic E-state index is 0.189. The third-order valence-corrected chi connectivity index (χ3v) is 3.31. The van der Waals surface area contributed by atoms with E-state index in [1.165, 1.54) is 7.11 Å². The van der Waals surface area contributed by atoms with Gasteiger partial charge in [-0.25, -0.2) is 4.79 Å². The summed E-state index contributed by atoms with van der Waals surface area (Å²) in [6.07, 6.45) is 1.55. The number of benzene rings is 1. The van der Waals surface area contributed by atoms with Crippen LogP contribution in [0.5, 0.6) is 0 Å². The Labute approximate surface area is 138 Å². The highest BCUT2D eigenvalue weighted by atomic mass is 19.5. The Hall–Kier alpha value is -2.06. The third-order valence-electron chi connectivity index (χ3n) is 3.31. The molecule has 0 bridgehead atoms. The van der Waals surface area contributed by atoms with E-state index in [2.05, 4.69) is 12.1 Å². The summed E-state index contributed by atoms with van der Waals surface area (Å²) >= 11 is 0. The molecule has 0 spiro atoms. The van der Waals surface area contributed by atoms with Crippen LogP contribution in [-0.4, -0.2) is 43.5 Å². The monoisotopic (exact) mass is 349 g/mol. The fourth-order valence-electron chi connectivity index (χ4n) is 2.41. The normalized spacial score (nSPS) is 17.2. The van der Waals surface area contributed by atoms with E-state index in [0.717, 1.165) is 24.3 Å². The molecule has 0 aliphatic carbocycles. The first-order valence-electron chi connectivity index (χ1n) is 7.50. The van der Waals surface area contributed by atoms with Crippen LogP contribution in [-0.2, 0) is 20.8 Å². The SMILES string of the molecule is CCOC1=[N+](Cc2ccccc2)C(C(=O)OC)CC1.F[B-](F)(F)F. The summed E-state index contributed by atoms with van der Waals surface area (Å²) in [6, 6.07) is 9.86. The Bertz CT molecular complexity index is 558. The maximum atomic E-state index is 11.8. The lowest BCUT2D eigenvalue weighted by molar-refractivity contribution is -0.569. The van der Waals surface area contributed by atoms with Crippen LogP contribution in [0.15, 0.2) is 30.3 Å². The van der Waals surface area contributed by atoms with Crippen molar-refractivity contribution in [2.75, 3.05) is 13.7 Å². The lowest BCUT2D eigenvalue weighted by Crippen LogP contribution is -2.33. The van der Waals surface area contributed by atoms with Crippen molar-refractivity contribution >= 4 is 19.1 Å². The second-order valence-electron chi connectivity index (χ2n) is 5.01. The fraction of sp³-hybridized carbons (Fsp3) is 0.467. The van der Waals surface area contributed by atoms with Crippen molar-refractivity contribution in [1.82, 2.24) is 0 Å². The Kier molecular flexibility index (Phi) is 7.74. The highest BCUT2D eigenvalue weighted by Gasteiger charge is 2.40. The summed E-state index contributed by atoms with van der Waals surface area (Å²) in [7, 11) is -4.57. The van der Waals surface area contributed by atoms with E-state index in [1.54, 1.807) is 0 Å². The van der Waals surface area contributed by atoms with Crippen molar-refractivity contribution in [3.05, 3.63) is 35.9 Å². The van der Waals surface area contributed by atoms with Crippen LogP contribution in [0.2, 0.25) is 0 Å². The lowest BCUT2D eigenvalue weighted by Gasteiger charge is -2.09. The van der Waals surface area contributed by atoms with Gasteiger partial charge in [0.05, 0.1) is 20.1 Å². The smallest absolute Gasteiger partial charge is 0.464 e. The Morgan fingerprint density at radius 3 is 2.33 bits per heavy atom. The average Bonchev–Trinajstić information content (AvgIpc) is 2.89. The van der Waals surface area contributed by atoms with Gasteiger partial charge in [-0.05, 0) is 6.92 Å². The molecule has 1 unspecified atom stereocenters. The van der Waals surface area contributed by atoms with Crippen molar-refractivity contribution in [1.29, 1.82) is 0 Å². The molecule has 1 aliphatic rings. The molecule has 4 nitrogen and oxygen atoms in total. The number of rotatable bonds is 4. The van der Waals surface area contributed by atoms with Crippen LogP contribution < -0.4 is 0 Å². The Morgan fingerprint density at radius 2 is 1.83 bits per heavy atom. The van der Waals surface area contributed by atoms with E-state index >= 15 is 0 Å². The topological polar surface area (TPSA) is 38.5 Å². The number of nitrogens with zero attached hydrogens (tertiary/aromatic N) is 1. The van der Waals surface area contributed by atoms with Gasteiger partial charge in [0.15, 0.2) is 6.54 Å². The molecule has 0 N–H and O–H groups in total. The van der Waals surface area contributed by atoms with E-state index < -0.39 is 7.25 Å². The van der Waals surface area contributed by atoms with Gasteiger partial charge in [0.1, 0.15) is 0 Å². The Balaban J connectivity index is 0.000000505. The molecule has 134 valence electrons. The van der Waals surface area contributed by atoms with Gasteiger partial charge in [0, 0.05) is 12.0 Å². The van der Waals surface area contributed by atoms with E-state index in [-0.39, 0.29) is 12.0 Å². The summed E-state index contributed by atoms with van der Waals surface area (Å²) in [6.45, 7) is 3.25. The summed E-state index contributed by atoms with van der Waals surface area (Å²) in [4.78, 5) is 11.8. The van der Waals surface area contributed by atoms with Crippen LogP contribution in [0.1, 0.15) is 25.3 Å². The van der Waals surface area contributed by atoms with Crippen LogP contribution in [0.3, 0.4) is 0 Å². The lowest BCUT2D eigenvalue weighted by atomic mass is 10.2. The minimum Gasteiger partial charge on any atom is -0.464 e. The van der Waals surface area contributed by atoms with Crippen LogP contribution in [0, 0.1) is 0 Å². The zero-order valence-corrected chi connectivity index (χ0v) is 13.6. The molecule has 0 saturated heterocycles. The first-order valence-corrected chi connectivity index (χ1v) is 7.50. The number of halogens is 4. The predicted molar refractivity (Wildman–Crippen MR) is 82.3 cm³/mol. The minimum atomic E-state index is -6.00. The molecule has 1 aliphatic heterocycles. The standard InChI is InChI=1S/C15H20NO3.BF4/c1-3-19-14-10-9-13(15(17)18-2)16(14)11-12-7-5-4-6-8-12;2-1(3,4)5/h4-8,13H,3,9-11H2,1-2H3;/q+1;-1. The van der Waals surface area contributed by atoms with Crippen molar-refractivity contribution < 1.29 is 36.1 Å². The number of carbonyl (C=O) groups is 1. The molecule has 1 heterocycles.